The second-order valence-electron chi connectivity index (χ2n) is 5.64. The first kappa shape index (κ1) is 19.5. The second-order valence-corrected chi connectivity index (χ2v) is 7.74. The van der Waals surface area contributed by atoms with Crippen molar-refractivity contribution in [2.45, 2.75) is 19.6 Å². The summed E-state index contributed by atoms with van der Waals surface area (Å²) in [4.78, 5) is 16.9. The highest BCUT2D eigenvalue weighted by Crippen LogP contribution is 2.30. The molecule has 1 amide bonds. The summed E-state index contributed by atoms with van der Waals surface area (Å²) < 4.78 is 12.3. The number of aromatic nitrogens is 1. The molecule has 0 saturated heterocycles. The zero-order valence-electron chi connectivity index (χ0n) is 15.4. The van der Waals surface area contributed by atoms with Crippen LogP contribution in [-0.4, -0.2) is 29.9 Å². The Morgan fingerprint density at radius 2 is 1.96 bits per heavy atom. The molecular weight excluding hydrogens is 380 g/mol. The van der Waals surface area contributed by atoms with E-state index in [4.69, 9.17) is 9.47 Å². The van der Waals surface area contributed by atoms with Gasteiger partial charge in [-0.3, -0.25) is 4.79 Å². The van der Waals surface area contributed by atoms with Crippen molar-refractivity contribution in [2.24, 2.45) is 0 Å². The predicted molar refractivity (Wildman–Crippen MR) is 113 cm³/mol. The molecule has 0 aliphatic carbocycles. The lowest BCUT2D eigenvalue weighted by atomic mass is 10.2. The third-order valence-corrected chi connectivity index (χ3v) is 5.80. The van der Waals surface area contributed by atoms with Crippen LogP contribution in [0.3, 0.4) is 0 Å². The van der Waals surface area contributed by atoms with Crippen molar-refractivity contribution in [1.82, 2.24) is 4.98 Å². The standard InChI is InChI=1S/C20H22N2O3S2/c1-3-24-14-9-10-17(25-4-2)16(11-14)21-19(23)12-26-13-20-22-15-7-5-6-8-18(15)27-20/h5-11H,3-4,12-13H2,1-2H3,(H,21,23). The number of amides is 1. The van der Waals surface area contributed by atoms with Crippen molar-refractivity contribution in [3.05, 3.63) is 47.5 Å². The van der Waals surface area contributed by atoms with Crippen LogP contribution in [0.4, 0.5) is 5.69 Å². The second kappa shape index (κ2) is 9.62. The van der Waals surface area contributed by atoms with E-state index >= 15 is 0 Å². The first-order valence-electron chi connectivity index (χ1n) is 8.81. The minimum absolute atomic E-state index is 0.0734. The SMILES string of the molecule is CCOc1ccc(OCC)c(NC(=O)CSCc2nc3ccccc3s2)c1. The summed E-state index contributed by atoms with van der Waals surface area (Å²) in [7, 11) is 0. The molecule has 3 aromatic rings. The average Bonchev–Trinajstić information content (AvgIpc) is 3.07. The number of para-hydroxylation sites is 1. The Morgan fingerprint density at radius 3 is 2.74 bits per heavy atom. The molecule has 0 radical (unpaired) electrons. The molecule has 1 heterocycles. The van der Waals surface area contributed by atoms with Crippen molar-refractivity contribution < 1.29 is 14.3 Å². The maximum atomic E-state index is 12.4. The summed E-state index contributed by atoms with van der Waals surface area (Å²) in [5.41, 5.74) is 1.64. The number of carbonyl (C=O) groups is 1. The zero-order chi connectivity index (χ0) is 19.1. The van der Waals surface area contributed by atoms with Crippen LogP contribution in [0.1, 0.15) is 18.9 Å². The first-order chi connectivity index (χ1) is 13.2. The Kier molecular flexibility index (Phi) is 6.95. The number of fused-ring (bicyclic) bond motifs is 1. The fourth-order valence-electron chi connectivity index (χ4n) is 2.54. The van der Waals surface area contributed by atoms with Gasteiger partial charge < -0.3 is 14.8 Å². The molecule has 0 fully saturated rings. The van der Waals surface area contributed by atoms with Gasteiger partial charge in [-0.05, 0) is 38.1 Å². The molecule has 5 nitrogen and oxygen atoms in total. The number of thiazole rings is 1. The fourth-order valence-corrected chi connectivity index (χ4v) is 4.39. The monoisotopic (exact) mass is 402 g/mol. The molecule has 0 aliphatic rings. The van der Waals surface area contributed by atoms with E-state index < -0.39 is 0 Å². The van der Waals surface area contributed by atoms with Gasteiger partial charge in [0.15, 0.2) is 0 Å². The van der Waals surface area contributed by atoms with E-state index in [1.807, 2.05) is 44.2 Å². The molecule has 142 valence electrons. The number of carbonyl (C=O) groups excluding carboxylic acids is 1. The number of anilines is 1. The molecular formula is C20H22N2O3S2. The van der Waals surface area contributed by atoms with Crippen LogP contribution < -0.4 is 14.8 Å². The van der Waals surface area contributed by atoms with Crippen molar-refractivity contribution in [3.8, 4) is 11.5 Å². The van der Waals surface area contributed by atoms with Gasteiger partial charge >= 0.3 is 0 Å². The van der Waals surface area contributed by atoms with Crippen LogP contribution in [0.2, 0.25) is 0 Å². The maximum absolute atomic E-state index is 12.4. The summed E-state index contributed by atoms with van der Waals surface area (Å²) in [5.74, 6) is 2.34. The number of hydrogen-bond donors (Lipinski definition) is 1. The molecule has 7 heteroatoms. The summed E-state index contributed by atoms with van der Waals surface area (Å²) in [6.07, 6.45) is 0. The lowest BCUT2D eigenvalue weighted by molar-refractivity contribution is -0.113. The number of benzene rings is 2. The van der Waals surface area contributed by atoms with Crippen molar-refractivity contribution >= 4 is 44.9 Å². The Balaban J connectivity index is 1.57. The van der Waals surface area contributed by atoms with Gasteiger partial charge in [0.25, 0.3) is 0 Å². The number of nitrogens with zero attached hydrogens (tertiary/aromatic N) is 1. The molecule has 0 atom stereocenters. The van der Waals surface area contributed by atoms with Crippen LogP contribution in [0.25, 0.3) is 10.2 Å². The average molecular weight is 403 g/mol. The molecule has 1 aromatic heterocycles. The number of thioether (sulfide) groups is 1. The Bertz CT molecular complexity index is 878. The number of rotatable bonds is 9. The van der Waals surface area contributed by atoms with Gasteiger partial charge in [-0.1, -0.05) is 12.1 Å². The van der Waals surface area contributed by atoms with Crippen LogP contribution in [0.15, 0.2) is 42.5 Å². The minimum Gasteiger partial charge on any atom is -0.494 e. The van der Waals surface area contributed by atoms with Crippen LogP contribution in [0.5, 0.6) is 11.5 Å². The number of nitrogens with one attached hydrogen (secondary N) is 1. The summed E-state index contributed by atoms with van der Waals surface area (Å²) in [5, 5.41) is 3.96. The smallest absolute Gasteiger partial charge is 0.234 e. The number of hydrogen-bond acceptors (Lipinski definition) is 6. The third-order valence-electron chi connectivity index (χ3n) is 3.63. The third kappa shape index (κ3) is 5.37. The summed E-state index contributed by atoms with van der Waals surface area (Å²) >= 11 is 3.22. The topological polar surface area (TPSA) is 60.5 Å². The molecule has 0 unspecified atom stereocenters. The van der Waals surface area contributed by atoms with Gasteiger partial charge in [0.2, 0.25) is 5.91 Å². The number of ether oxygens (including phenoxy) is 2. The van der Waals surface area contributed by atoms with E-state index in [0.717, 1.165) is 10.5 Å². The Morgan fingerprint density at radius 1 is 1.15 bits per heavy atom. The lowest BCUT2D eigenvalue weighted by Crippen LogP contribution is -2.15. The highest BCUT2D eigenvalue weighted by molar-refractivity contribution is 7.99. The molecule has 27 heavy (non-hydrogen) atoms. The lowest BCUT2D eigenvalue weighted by Gasteiger charge is -2.13. The highest BCUT2D eigenvalue weighted by Gasteiger charge is 2.11. The quantitative estimate of drug-likeness (QED) is 0.548. The van der Waals surface area contributed by atoms with E-state index in [2.05, 4.69) is 16.4 Å². The molecule has 2 aromatic carbocycles. The highest BCUT2D eigenvalue weighted by atomic mass is 32.2. The van der Waals surface area contributed by atoms with E-state index in [1.54, 1.807) is 29.2 Å². The van der Waals surface area contributed by atoms with E-state index in [0.29, 0.717) is 41.9 Å². The minimum atomic E-state index is -0.0734. The fraction of sp³-hybridized carbons (Fsp3) is 0.300. The molecule has 0 bridgehead atoms. The van der Waals surface area contributed by atoms with Crippen LogP contribution >= 0.6 is 23.1 Å². The Hall–Kier alpha value is -2.25. The van der Waals surface area contributed by atoms with E-state index in [1.165, 1.54) is 4.70 Å². The van der Waals surface area contributed by atoms with Gasteiger partial charge in [-0.2, -0.15) is 0 Å². The van der Waals surface area contributed by atoms with E-state index in [9.17, 15) is 4.79 Å². The van der Waals surface area contributed by atoms with Gasteiger partial charge in [-0.25, -0.2) is 4.98 Å². The van der Waals surface area contributed by atoms with Crippen molar-refractivity contribution in [3.63, 3.8) is 0 Å². The molecule has 3 rings (SSSR count). The molecule has 0 spiro atoms. The summed E-state index contributed by atoms with van der Waals surface area (Å²) in [6.45, 7) is 4.94. The normalized spacial score (nSPS) is 10.7. The Labute approximate surface area is 167 Å². The predicted octanol–water partition coefficient (Wildman–Crippen LogP) is 4.97. The van der Waals surface area contributed by atoms with Crippen LogP contribution in [0, 0.1) is 0 Å². The molecule has 0 saturated carbocycles. The van der Waals surface area contributed by atoms with Crippen molar-refractivity contribution in [2.75, 3.05) is 24.3 Å². The largest absolute Gasteiger partial charge is 0.494 e. The van der Waals surface area contributed by atoms with E-state index in [-0.39, 0.29) is 5.91 Å². The van der Waals surface area contributed by atoms with Gasteiger partial charge in [0, 0.05) is 11.8 Å². The van der Waals surface area contributed by atoms with Gasteiger partial charge in [-0.15, -0.1) is 23.1 Å². The zero-order valence-corrected chi connectivity index (χ0v) is 17.0. The van der Waals surface area contributed by atoms with Crippen LogP contribution in [-0.2, 0) is 10.5 Å². The van der Waals surface area contributed by atoms with Crippen molar-refractivity contribution in [1.29, 1.82) is 0 Å². The molecule has 0 aliphatic heterocycles. The molecule has 1 N–H and O–H groups in total. The first-order valence-corrected chi connectivity index (χ1v) is 10.8. The summed E-state index contributed by atoms with van der Waals surface area (Å²) in [6, 6.07) is 13.5. The maximum Gasteiger partial charge on any atom is 0.234 e. The van der Waals surface area contributed by atoms with Gasteiger partial charge in [0.05, 0.1) is 34.9 Å². The van der Waals surface area contributed by atoms with Gasteiger partial charge in [0.1, 0.15) is 16.5 Å².